The number of nitrogens with one attached hydrogen (secondary N) is 1. The highest BCUT2D eigenvalue weighted by Gasteiger charge is 2.26. The molecular formula is C22H25ClN4O3S. The molecule has 0 radical (unpaired) electrons. The van der Waals surface area contributed by atoms with Crippen LogP contribution < -0.4 is 5.32 Å². The van der Waals surface area contributed by atoms with Gasteiger partial charge in [-0.2, -0.15) is 4.31 Å². The van der Waals surface area contributed by atoms with Crippen LogP contribution in [0.1, 0.15) is 17.5 Å². The van der Waals surface area contributed by atoms with E-state index in [0.29, 0.717) is 18.0 Å². The number of halogens is 1. The lowest BCUT2D eigenvalue weighted by atomic mass is 10.2. The Morgan fingerprint density at radius 2 is 1.84 bits per heavy atom. The fraction of sp³-hybridized carbons (Fsp3) is 0.273. The lowest BCUT2D eigenvalue weighted by Gasteiger charge is -2.22. The largest absolute Gasteiger partial charge is 0.355 e. The highest BCUT2D eigenvalue weighted by Crippen LogP contribution is 2.20. The summed E-state index contributed by atoms with van der Waals surface area (Å²) in [5.74, 6) is -0.352. The fourth-order valence-electron chi connectivity index (χ4n) is 3.00. The molecule has 0 spiro atoms. The van der Waals surface area contributed by atoms with Crippen LogP contribution in [-0.4, -0.2) is 41.3 Å². The molecule has 0 atom stereocenters. The van der Waals surface area contributed by atoms with Gasteiger partial charge in [0.2, 0.25) is 15.9 Å². The van der Waals surface area contributed by atoms with E-state index in [1.54, 1.807) is 61.1 Å². The summed E-state index contributed by atoms with van der Waals surface area (Å²) in [5.41, 5.74) is 1.70. The molecule has 1 aromatic heterocycles. The maximum absolute atomic E-state index is 13.2. The predicted octanol–water partition coefficient (Wildman–Crippen LogP) is 3.24. The topological polar surface area (TPSA) is 84.3 Å². The van der Waals surface area contributed by atoms with Crippen LogP contribution in [0, 0.1) is 6.92 Å². The first-order chi connectivity index (χ1) is 14.8. The minimum absolute atomic E-state index is 0.0653. The Hall–Kier alpha value is -2.68. The van der Waals surface area contributed by atoms with E-state index in [4.69, 9.17) is 11.6 Å². The smallest absolute Gasteiger partial charge is 0.243 e. The Balaban J connectivity index is 1.69. The van der Waals surface area contributed by atoms with Crippen LogP contribution in [0.15, 0.2) is 72.1 Å². The van der Waals surface area contributed by atoms with Crippen LogP contribution in [0.3, 0.4) is 0 Å². The van der Waals surface area contributed by atoms with E-state index in [-0.39, 0.29) is 23.9 Å². The molecule has 0 aliphatic rings. The van der Waals surface area contributed by atoms with Gasteiger partial charge < -0.3 is 9.88 Å². The molecular weight excluding hydrogens is 436 g/mol. The highest BCUT2D eigenvalue weighted by atomic mass is 35.5. The monoisotopic (exact) mass is 460 g/mol. The van der Waals surface area contributed by atoms with Gasteiger partial charge in [-0.25, -0.2) is 13.4 Å². The van der Waals surface area contributed by atoms with Gasteiger partial charge in [-0.15, -0.1) is 0 Å². The third-order valence-corrected chi connectivity index (χ3v) is 6.78. The number of sulfonamides is 1. The van der Waals surface area contributed by atoms with Crippen molar-refractivity contribution >= 4 is 27.5 Å². The molecule has 1 amide bonds. The van der Waals surface area contributed by atoms with E-state index in [9.17, 15) is 13.2 Å². The van der Waals surface area contributed by atoms with E-state index in [0.717, 1.165) is 17.7 Å². The third kappa shape index (κ3) is 6.65. The molecule has 7 nitrogen and oxygen atoms in total. The van der Waals surface area contributed by atoms with Crippen molar-refractivity contribution in [3.63, 3.8) is 0 Å². The zero-order valence-electron chi connectivity index (χ0n) is 17.2. The Morgan fingerprint density at radius 1 is 1.13 bits per heavy atom. The zero-order chi connectivity index (χ0) is 22.3. The molecule has 9 heteroatoms. The first kappa shape index (κ1) is 23.0. The van der Waals surface area contributed by atoms with E-state index < -0.39 is 10.0 Å². The van der Waals surface area contributed by atoms with Crippen molar-refractivity contribution in [3.8, 4) is 0 Å². The molecule has 0 saturated carbocycles. The average molecular weight is 461 g/mol. The van der Waals surface area contributed by atoms with Crippen LogP contribution in [0.4, 0.5) is 0 Å². The number of amides is 1. The Bertz CT molecular complexity index is 1080. The van der Waals surface area contributed by atoms with Crippen molar-refractivity contribution in [2.24, 2.45) is 0 Å². The van der Waals surface area contributed by atoms with Crippen LogP contribution in [0.2, 0.25) is 5.02 Å². The molecule has 164 valence electrons. The summed E-state index contributed by atoms with van der Waals surface area (Å²) in [4.78, 5) is 16.7. The van der Waals surface area contributed by atoms with Gasteiger partial charge in [-0.3, -0.25) is 4.79 Å². The Kier molecular flexibility index (Phi) is 7.84. The number of nitrogens with zero attached hydrogens (tertiary/aromatic N) is 3. The molecule has 3 aromatic rings. The van der Waals surface area contributed by atoms with Gasteiger partial charge in [-0.1, -0.05) is 41.4 Å². The molecule has 1 heterocycles. The number of carbonyl (C=O) groups excluding carboxylic acids is 1. The number of benzene rings is 2. The van der Waals surface area contributed by atoms with Crippen LogP contribution >= 0.6 is 11.6 Å². The molecule has 0 saturated heterocycles. The second-order valence-electron chi connectivity index (χ2n) is 7.22. The summed E-state index contributed by atoms with van der Waals surface area (Å²) >= 11 is 5.94. The van der Waals surface area contributed by atoms with Gasteiger partial charge in [-0.05, 0) is 43.2 Å². The second-order valence-corrected chi connectivity index (χ2v) is 9.59. The molecule has 0 fully saturated rings. The number of hydrogen-bond donors (Lipinski definition) is 1. The lowest BCUT2D eigenvalue weighted by Crippen LogP contribution is -2.40. The minimum atomic E-state index is -3.86. The van der Waals surface area contributed by atoms with Crippen molar-refractivity contribution in [3.05, 3.63) is 83.4 Å². The normalized spacial score (nSPS) is 11.6. The zero-order valence-corrected chi connectivity index (χ0v) is 18.8. The van der Waals surface area contributed by atoms with Gasteiger partial charge in [0.15, 0.2) is 0 Å². The van der Waals surface area contributed by atoms with Crippen molar-refractivity contribution in [1.82, 2.24) is 19.2 Å². The van der Waals surface area contributed by atoms with Crippen LogP contribution in [0.25, 0.3) is 0 Å². The quantitative estimate of drug-likeness (QED) is 0.471. The number of hydrogen-bond acceptors (Lipinski definition) is 4. The first-order valence-electron chi connectivity index (χ1n) is 9.88. The molecule has 3 rings (SSSR count). The second kappa shape index (κ2) is 10.6. The van der Waals surface area contributed by atoms with Crippen LogP contribution in [0.5, 0.6) is 0 Å². The highest BCUT2D eigenvalue weighted by molar-refractivity contribution is 7.89. The predicted molar refractivity (Wildman–Crippen MR) is 120 cm³/mol. The number of rotatable bonds is 10. The van der Waals surface area contributed by atoms with E-state index in [2.05, 4.69) is 10.3 Å². The molecule has 31 heavy (non-hydrogen) atoms. The van der Waals surface area contributed by atoms with Crippen molar-refractivity contribution < 1.29 is 13.2 Å². The average Bonchev–Trinajstić information content (AvgIpc) is 3.26. The first-order valence-corrected chi connectivity index (χ1v) is 11.7. The molecule has 2 aromatic carbocycles. The molecule has 1 N–H and O–H groups in total. The number of imidazole rings is 1. The number of aromatic nitrogens is 2. The lowest BCUT2D eigenvalue weighted by molar-refractivity contribution is -0.121. The summed E-state index contributed by atoms with van der Waals surface area (Å²) in [6, 6.07) is 13.5. The molecule has 0 aliphatic heterocycles. The van der Waals surface area contributed by atoms with Gasteiger partial charge in [0.1, 0.15) is 0 Å². The molecule has 0 bridgehead atoms. The summed E-state index contributed by atoms with van der Waals surface area (Å²) < 4.78 is 29.6. The Labute approximate surface area is 187 Å². The molecule has 0 aliphatic carbocycles. The standard InChI is InChI=1S/C22H25ClN4O3S/c1-18-3-9-21(10-4-18)31(29,30)27(15-19-5-7-20(23)8-6-19)16-22(28)25-11-2-13-26-14-12-24-17-26/h3-10,12,14,17H,2,11,13,15-16H2,1H3,(H,25,28). The summed E-state index contributed by atoms with van der Waals surface area (Å²) in [6.45, 7) is 2.84. The summed E-state index contributed by atoms with van der Waals surface area (Å²) in [5, 5.41) is 3.37. The van der Waals surface area contributed by atoms with E-state index in [1.165, 1.54) is 4.31 Å². The summed E-state index contributed by atoms with van der Waals surface area (Å²) in [6.07, 6.45) is 5.97. The van der Waals surface area contributed by atoms with E-state index in [1.807, 2.05) is 17.7 Å². The SMILES string of the molecule is Cc1ccc(S(=O)(=O)N(CC(=O)NCCCn2ccnc2)Cc2ccc(Cl)cc2)cc1. The van der Waals surface area contributed by atoms with Gasteiger partial charge in [0.25, 0.3) is 0 Å². The molecule has 0 unspecified atom stereocenters. The maximum atomic E-state index is 13.2. The van der Waals surface area contributed by atoms with Crippen LogP contribution in [-0.2, 0) is 27.9 Å². The summed E-state index contributed by atoms with van der Waals surface area (Å²) in [7, 11) is -3.86. The Morgan fingerprint density at radius 3 is 2.48 bits per heavy atom. The minimum Gasteiger partial charge on any atom is -0.355 e. The fourth-order valence-corrected chi connectivity index (χ4v) is 4.51. The third-order valence-electron chi connectivity index (χ3n) is 4.73. The van der Waals surface area contributed by atoms with Gasteiger partial charge in [0.05, 0.1) is 17.8 Å². The van der Waals surface area contributed by atoms with Gasteiger partial charge in [0, 0.05) is 37.1 Å². The van der Waals surface area contributed by atoms with Crippen molar-refractivity contribution in [1.29, 1.82) is 0 Å². The van der Waals surface area contributed by atoms with E-state index >= 15 is 0 Å². The number of aryl methyl sites for hydroxylation is 2. The van der Waals surface area contributed by atoms with Gasteiger partial charge >= 0.3 is 0 Å². The maximum Gasteiger partial charge on any atom is 0.243 e. The van der Waals surface area contributed by atoms with Crippen molar-refractivity contribution in [2.45, 2.75) is 31.3 Å². The number of carbonyl (C=O) groups is 1. The van der Waals surface area contributed by atoms with Crippen molar-refractivity contribution in [2.75, 3.05) is 13.1 Å².